The van der Waals surface area contributed by atoms with Gasteiger partial charge in [-0.3, -0.25) is 19.7 Å². The van der Waals surface area contributed by atoms with Crippen LogP contribution in [0.25, 0.3) is 11.1 Å². The Labute approximate surface area is 360 Å². The third-order valence-electron chi connectivity index (χ3n) is 11.7. The summed E-state index contributed by atoms with van der Waals surface area (Å²) < 4.78 is 12.4. The van der Waals surface area contributed by atoms with Gasteiger partial charge in [0.05, 0.1) is 28.4 Å². The number of halogens is 2. The molecule has 0 bridgehead atoms. The summed E-state index contributed by atoms with van der Waals surface area (Å²) in [7, 11) is 0. The Morgan fingerprint density at radius 2 is 1.67 bits per heavy atom. The molecule has 4 heterocycles. The zero-order valence-corrected chi connectivity index (χ0v) is 35.0. The Kier molecular flexibility index (Phi) is 12.5. The molecule has 2 aliphatic heterocycles. The van der Waals surface area contributed by atoms with Crippen LogP contribution in [0.5, 0.6) is 11.5 Å². The molecule has 0 unspecified atom stereocenters. The molecule has 2 N–H and O–H groups in total. The monoisotopic (exact) mass is 840 g/mol. The zero-order valence-electron chi connectivity index (χ0n) is 33.5. The molecule has 0 saturated carbocycles. The number of aryl methyl sites for hydroxylation is 1. The number of ether oxygens (including phenoxy) is 2. The van der Waals surface area contributed by atoms with Gasteiger partial charge >= 0.3 is 5.97 Å². The summed E-state index contributed by atoms with van der Waals surface area (Å²) in [5.41, 5.74) is 11.2. The SMILES string of the molecule is Cc1nccc(-c2ccc(C[C@H](NC(=O)[C@@H]3Cc4cc5c(cc4CN3Cc3ccccn3)C[C@H](c3ccc(OCc4ccc(Cl)c(Cl)c4)cc3)CCO5)C(=O)O)cc2)c1C. The largest absolute Gasteiger partial charge is 0.493 e. The second-order valence-corrected chi connectivity index (χ2v) is 16.5. The summed E-state index contributed by atoms with van der Waals surface area (Å²) in [4.78, 5) is 37.9. The van der Waals surface area contributed by atoms with Crippen LogP contribution < -0.4 is 14.8 Å². The van der Waals surface area contributed by atoms with Crippen molar-refractivity contribution in [2.75, 3.05) is 6.61 Å². The number of carbonyl (C=O) groups is 2. The molecule has 0 aliphatic carbocycles. The lowest BCUT2D eigenvalue weighted by atomic mass is 9.86. The van der Waals surface area contributed by atoms with E-state index < -0.39 is 18.1 Å². The van der Waals surface area contributed by atoms with Crippen LogP contribution in [0.2, 0.25) is 10.0 Å². The molecule has 11 heteroatoms. The molecule has 0 saturated heterocycles. The maximum absolute atomic E-state index is 14.2. The first-order chi connectivity index (χ1) is 29.1. The van der Waals surface area contributed by atoms with Gasteiger partial charge in [-0.25, -0.2) is 4.79 Å². The number of aliphatic carboxylic acids is 1. The van der Waals surface area contributed by atoms with Crippen molar-refractivity contribution in [2.45, 2.75) is 77.2 Å². The van der Waals surface area contributed by atoms with Crippen molar-refractivity contribution >= 4 is 35.1 Å². The molecule has 8 rings (SSSR count). The summed E-state index contributed by atoms with van der Waals surface area (Å²) in [6.07, 6.45) is 5.75. The summed E-state index contributed by atoms with van der Waals surface area (Å²) in [5, 5.41) is 14.2. The van der Waals surface area contributed by atoms with Crippen molar-refractivity contribution in [2.24, 2.45) is 0 Å². The number of carboxylic acids is 1. The number of aromatic nitrogens is 2. The number of benzene rings is 4. The van der Waals surface area contributed by atoms with Gasteiger partial charge in [-0.05, 0) is 138 Å². The van der Waals surface area contributed by atoms with E-state index in [-0.39, 0.29) is 18.2 Å². The van der Waals surface area contributed by atoms with E-state index in [4.69, 9.17) is 32.7 Å². The predicted octanol–water partition coefficient (Wildman–Crippen LogP) is 9.49. The molecule has 3 atom stereocenters. The minimum absolute atomic E-state index is 0.149. The molecule has 6 aromatic rings. The molecule has 0 radical (unpaired) electrons. The summed E-state index contributed by atoms with van der Waals surface area (Å²) in [6, 6.07) is 31.9. The molecule has 2 aliphatic rings. The Hall–Kier alpha value is -5.74. The first-order valence-electron chi connectivity index (χ1n) is 20.2. The van der Waals surface area contributed by atoms with Crippen molar-refractivity contribution in [3.8, 4) is 22.6 Å². The molecule has 4 aromatic carbocycles. The smallest absolute Gasteiger partial charge is 0.326 e. The molecule has 9 nitrogen and oxygen atoms in total. The lowest BCUT2D eigenvalue weighted by Gasteiger charge is -2.36. The minimum Gasteiger partial charge on any atom is -0.493 e. The number of pyridine rings is 2. The average Bonchev–Trinajstić information content (AvgIpc) is 3.46. The second-order valence-electron chi connectivity index (χ2n) is 15.7. The standard InChI is InChI=1S/C49H46Cl2N4O5/c1-30-31(2)52-19-16-42(30)35-9-6-32(7-10-35)22-45(49(57)58)54-48(56)46-25-37-26-47-38(24-39(37)27-55(46)28-40-5-3-4-18-53-40)23-36(17-20-59-47)34-11-13-41(14-12-34)60-29-33-8-15-43(50)44(51)21-33/h3-16,18-19,21,24,26,36,45-46H,17,20,22-23,25,27-29H2,1-2H3,(H,54,56)(H,57,58)/t36-,45+,46+/m1/s1. The number of nitrogens with zero attached hydrogens (tertiary/aromatic N) is 3. The number of fused-ring (bicyclic) bond motifs is 2. The van der Waals surface area contributed by atoms with Gasteiger partial charge < -0.3 is 19.9 Å². The highest BCUT2D eigenvalue weighted by atomic mass is 35.5. The van der Waals surface area contributed by atoms with E-state index in [9.17, 15) is 14.7 Å². The van der Waals surface area contributed by atoms with Crippen LogP contribution in [-0.4, -0.2) is 50.5 Å². The van der Waals surface area contributed by atoms with E-state index >= 15 is 0 Å². The summed E-state index contributed by atoms with van der Waals surface area (Å²) in [5.74, 6) is 0.432. The molecule has 306 valence electrons. The van der Waals surface area contributed by atoms with Gasteiger partial charge in [0.1, 0.15) is 24.1 Å². The van der Waals surface area contributed by atoms with Crippen molar-refractivity contribution in [3.63, 3.8) is 0 Å². The minimum atomic E-state index is -1.11. The van der Waals surface area contributed by atoms with Crippen LogP contribution in [-0.2, 0) is 48.5 Å². The third-order valence-corrected chi connectivity index (χ3v) is 12.4. The van der Waals surface area contributed by atoms with Crippen molar-refractivity contribution in [3.05, 3.63) is 176 Å². The Balaban J connectivity index is 0.976. The van der Waals surface area contributed by atoms with Crippen LogP contribution in [0.3, 0.4) is 0 Å². The highest BCUT2D eigenvalue weighted by Crippen LogP contribution is 2.38. The van der Waals surface area contributed by atoms with E-state index in [0.717, 1.165) is 80.2 Å². The summed E-state index contributed by atoms with van der Waals surface area (Å²) in [6.45, 7) is 5.90. The van der Waals surface area contributed by atoms with Crippen LogP contribution in [0.4, 0.5) is 0 Å². The van der Waals surface area contributed by atoms with Gasteiger partial charge in [-0.1, -0.05) is 77.8 Å². The maximum atomic E-state index is 14.2. The number of hydrogen-bond donors (Lipinski definition) is 2. The van der Waals surface area contributed by atoms with E-state index in [1.807, 2.05) is 86.6 Å². The maximum Gasteiger partial charge on any atom is 0.326 e. The van der Waals surface area contributed by atoms with Crippen LogP contribution >= 0.6 is 23.2 Å². The molecule has 0 fully saturated rings. The molecule has 1 amide bonds. The van der Waals surface area contributed by atoms with Crippen LogP contribution in [0, 0.1) is 13.8 Å². The van der Waals surface area contributed by atoms with Crippen LogP contribution in [0.15, 0.2) is 116 Å². The van der Waals surface area contributed by atoms with Gasteiger partial charge in [0.25, 0.3) is 0 Å². The number of hydrogen-bond acceptors (Lipinski definition) is 7. The highest BCUT2D eigenvalue weighted by molar-refractivity contribution is 6.42. The van der Waals surface area contributed by atoms with Crippen molar-refractivity contribution in [1.82, 2.24) is 20.2 Å². The van der Waals surface area contributed by atoms with E-state index in [1.165, 1.54) is 5.56 Å². The normalized spacial score (nSPS) is 16.7. The Bertz CT molecular complexity index is 2500. The fraction of sp³-hybridized carbons (Fsp3) is 0.265. The van der Waals surface area contributed by atoms with Gasteiger partial charge in [-0.15, -0.1) is 0 Å². The highest BCUT2D eigenvalue weighted by Gasteiger charge is 2.35. The zero-order chi connectivity index (χ0) is 41.8. The van der Waals surface area contributed by atoms with E-state index in [1.54, 1.807) is 18.5 Å². The topological polar surface area (TPSA) is 114 Å². The number of amides is 1. The van der Waals surface area contributed by atoms with Gasteiger partial charge in [0.2, 0.25) is 5.91 Å². The molecule has 60 heavy (non-hydrogen) atoms. The predicted molar refractivity (Wildman–Crippen MR) is 234 cm³/mol. The Morgan fingerprint density at radius 1 is 0.867 bits per heavy atom. The average molecular weight is 842 g/mol. The quantitative estimate of drug-likeness (QED) is 0.125. The number of nitrogens with one attached hydrogen (secondary N) is 1. The fourth-order valence-electron chi connectivity index (χ4n) is 8.21. The lowest BCUT2D eigenvalue weighted by molar-refractivity contribution is -0.142. The second kappa shape index (κ2) is 18.3. The Morgan fingerprint density at radius 3 is 2.42 bits per heavy atom. The molecule has 0 spiro atoms. The number of carbonyl (C=O) groups excluding carboxylic acids is 1. The molecular weight excluding hydrogens is 795 g/mol. The first-order valence-corrected chi connectivity index (χ1v) is 21.0. The fourth-order valence-corrected chi connectivity index (χ4v) is 8.53. The summed E-state index contributed by atoms with van der Waals surface area (Å²) >= 11 is 12.3. The number of carboxylic acid groups (broad SMARTS) is 1. The van der Waals surface area contributed by atoms with Gasteiger partial charge in [0.15, 0.2) is 0 Å². The van der Waals surface area contributed by atoms with Gasteiger partial charge in [-0.2, -0.15) is 0 Å². The third kappa shape index (κ3) is 9.49. The van der Waals surface area contributed by atoms with Gasteiger partial charge in [0, 0.05) is 37.6 Å². The molecular formula is C49H46Cl2N4O5. The number of rotatable bonds is 12. The van der Waals surface area contributed by atoms with E-state index in [2.05, 4.69) is 44.5 Å². The van der Waals surface area contributed by atoms with Crippen molar-refractivity contribution in [1.29, 1.82) is 0 Å². The van der Waals surface area contributed by atoms with Crippen molar-refractivity contribution < 1.29 is 24.2 Å². The molecule has 2 aromatic heterocycles. The van der Waals surface area contributed by atoms with Crippen LogP contribution in [0.1, 0.15) is 62.7 Å². The lowest BCUT2D eigenvalue weighted by Crippen LogP contribution is -2.54. The van der Waals surface area contributed by atoms with E-state index in [0.29, 0.717) is 42.8 Å². The first kappa shape index (κ1) is 41.0.